The van der Waals surface area contributed by atoms with Gasteiger partial charge in [0.2, 0.25) is 0 Å². The summed E-state index contributed by atoms with van der Waals surface area (Å²) in [4.78, 5) is 12.2. The van der Waals surface area contributed by atoms with Gasteiger partial charge in [0.1, 0.15) is 5.75 Å². The van der Waals surface area contributed by atoms with Gasteiger partial charge in [-0.2, -0.15) is 0 Å². The summed E-state index contributed by atoms with van der Waals surface area (Å²) in [5, 5.41) is 7.30. The van der Waals surface area contributed by atoms with E-state index >= 15 is 0 Å². The standard InChI is InChI=1S/C12H8Cl2N2O2/c1-18-8-4-2-7(3-5-8)11(17)9-6-10(13)15-16-12(9)14/h2-6H,1H3. The molecule has 0 fully saturated rings. The van der Waals surface area contributed by atoms with Crippen molar-refractivity contribution in [2.24, 2.45) is 0 Å². The number of carbonyl (C=O) groups excluding carboxylic acids is 1. The first-order valence-corrected chi connectivity index (χ1v) is 5.75. The Hall–Kier alpha value is -1.65. The lowest BCUT2D eigenvalue weighted by Crippen LogP contribution is -2.04. The minimum Gasteiger partial charge on any atom is -0.497 e. The molecule has 18 heavy (non-hydrogen) atoms. The van der Waals surface area contributed by atoms with Crippen molar-refractivity contribution >= 4 is 29.0 Å². The zero-order valence-electron chi connectivity index (χ0n) is 9.35. The van der Waals surface area contributed by atoms with Crippen LogP contribution >= 0.6 is 23.2 Å². The Morgan fingerprint density at radius 3 is 2.44 bits per heavy atom. The largest absolute Gasteiger partial charge is 0.497 e. The van der Waals surface area contributed by atoms with Crippen LogP contribution in [0.25, 0.3) is 0 Å². The first-order chi connectivity index (χ1) is 8.61. The van der Waals surface area contributed by atoms with E-state index in [0.717, 1.165) is 0 Å². The Labute approximate surface area is 114 Å². The summed E-state index contributed by atoms with van der Waals surface area (Å²) in [5.74, 6) is 0.406. The molecule has 1 aromatic carbocycles. The van der Waals surface area contributed by atoms with Crippen LogP contribution in [0, 0.1) is 0 Å². The van der Waals surface area contributed by atoms with E-state index in [9.17, 15) is 4.79 Å². The monoisotopic (exact) mass is 282 g/mol. The highest BCUT2D eigenvalue weighted by molar-refractivity contribution is 6.35. The number of ketones is 1. The molecule has 0 unspecified atom stereocenters. The molecule has 2 rings (SSSR count). The van der Waals surface area contributed by atoms with Crippen molar-refractivity contribution in [2.75, 3.05) is 7.11 Å². The molecule has 6 heteroatoms. The number of methoxy groups -OCH3 is 1. The van der Waals surface area contributed by atoms with Gasteiger partial charge < -0.3 is 4.74 Å². The van der Waals surface area contributed by atoms with Crippen LogP contribution in [-0.4, -0.2) is 23.1 Å². The molecular formula is C12H8Cl2N2O2. The van der Waals surface area contributed by atoms with Gasteiger partial charge in [-0.25, -0.2) is 0 Å². The van der Waals surface area contributed by atoms with Crippen molar-refractivity contribution in [1.82, 2.24) is 10.2 Å². The minimum absolute atomic E-state index is 0.0280. The van der Waals surface area contributed by atoms with Crippen LogP contribution in [0.1, 0.15) is 15.9 Å². The predicted octanol–water partition coefficient (Wildman–Crippen LogP) is 3.02. The van der Waals surface area contributed by atoms with Crippen LogP contribution in [0.15, 0.2) is 30.3 Å². The van der Waals surface area contributed by atoms with Crippen LogP contribution in [0.5, 0.6) is 5.75 Å². The highest BCUT2D eigenvalue weighted by Gasteiger charge is 2.15. The Balaban J connectivity index is 2.38. The average Bonchev–Trinajstić information content (AvgIpc) is 2.41. The third-order valence-electron chi connectivity index (χ3n) is 2.32. The number of hydrogen-bond acceptors (Lipinski definition) is 4. The molecule has 0 aliphatic heterocycles. The number of rotatable bonds is 3. The summed E-state index contributed by atoms with van der Waals surface area (Å²) < 4.78 is 5.02. The van der Waals surface area contributed by atoms with E-state index in [4.69, 9.17) is 27.9 Å². The second kappa shape index (κ2) is 5.33. The molecule has 0 saturated heterocycles. The summed E-state index contributed by atoms with van der Waals surface area (Å²) in [6.07, 6.45) is 0. The van der Waals surface area contributed by atoms with Crippen molar-refractivity contribution in [2.45, 2.75) is 0 Å². The van der Waals surface area contributed by atoms with Gasteiger partial charge in [-0.1, -0.05) is 23.2 Å². The van der Waals surface area contributed by atoms with Crippen LogP contribution in [0.3, 0.4) is 0 Å². The molecule has 0 amide bonds. The molecule has 1 aromatic heterocycles. The number of halogens is 2. The summed E-state index contributed by atoms with van der Waals surface area (Å²) in [7, 11) is 1.56. The number of ether oxygens (including phenoxy) is 1. The topological polar surface area (TPSA) is 52.1 Å². The van der Waals surface area contributed by atoms with E-state index in [1.807, 2.05) is 0 Å². The summed E-state index contributed by atoms with van der Waals surface area (Å²) in [6, 6.07) is 8.07. The minimum atomic E-state index is -0.264. The molecule has 92 valence electrons. The van der Waals surface area contributed by atoms with Gasteiger partial charge in [0.05, 0.1) is 12.7 Å². The van der Waals surface area contributed by atoms with Crippen molar-refractivity contribution in [3.8, 4) is 5.75 Å². The molecule has 0 atom stereocenters. The number of aromatic nitrogens is 2. The summed E-state index contributed by atoms with van der Waals surface area (Å²) in [6.45, 7) is 0. The van der Waals surface area contributed by atoms with Crippen LogP contribution in [0.2, 0.25) is 10.3 Å². The highest BCUT2D eigenvalue weighted by atomic mass is 35.5. The maximum atomic E-state index is 12.2. The molecule has 0 saturated carbocycles. The van der Waals surface area contributed by atoms with E-state index in [0.29, 0.717) is 11.3 Å². The van der Waals surface area contributed by atoms with E-state index in [1.165, 1.54) is 6.07 Å². The van der Waals surface area contributed by atoms with Gasteiger partial charge in [-0.15, -0.1) is 10.2 Å². The number of benzene rings is 1. The van der Waals surface area contributed by atoms with Gasteiger partial charge in [0.15, 0.2) is 16.1 Å². The molecule has 4 nitrogen and oxygen atoms in total. The van der Waals surface area contributed by atoms with Crippen molar-refractivity contribution in [1.29, 1.82) is 0 Å². The third-order valence-corrected chi connectivity index (χ3v) is 2.78. The molecule has 0 aliphatic carbocycles. The fourth-order valence-corrected chi connectivity index (χ4v) is 1.74. The van der Waals surface area contributed by atoms with Crippen LogP contribution in [-0.2, 0) is 0 Å². The predicted molar refractivity (Wildman–Crippen MR) is 68.5 cm³/mol. The molecule has 0 bridgehead atoms. The first-order valence-electron chi connectivity index (χ1n) is 4.99. The lowest BCUT2D eigenvalue weighted by Gasteiger charge is -2.04. The van der Waals surface area contributed by atoms with Crippen LogP contribution < -0.4 is 4.74 Å². The van der Waals surface area contributed by atoms with E-state index in [1.54, 1.807) is 31.4 Å². The van der Waals surface area contributed by atoms with Gasteiger partial charge in [0.25, 0.3) is 0 Å². The highest BCUT2D eigenvalue weighted by Crippen LogP contribution is 2.20. The number of nitrogens with zero attached hydrogens (tertiary/aromatic N) is 2. The smallest absolute Gasteiger partial charge is 0.196 e. The Morgan fingerprint density at radius 2 is 1.83 bits per heavy atom. The Kier molecular flexibility index (Phi) is 3.79. The number of hydrogen-bond donors (Lipinski definition) is 0. The van der Waals surface area contributed by atoms with Gasteiger partial charge in [-0.3, -0.25) is 4.79 Å². The molecule has 0 N–H and O–H groups in total. The van der Waals surface area contributed by atoms with Crippen LogP contribution in [0.4, 0.5) is 0 Å². The third kappa shape index (κ3) is 2.60. The zero-order chi connectivity index (χ0) is 13.1. The van der Waals surface area contributed by atoms with Crippen molar-refractivity contribution in [3.63, 3.8) is 0 Å². The molecular weight excluding hydrogens is 275 g/mol. The van der Waals surface area contributed by atoms with E-state index in [2.05, 4.69) is 10.2 Å². The molecule has 2 aromatic rings. The normalized spacial score (nSPS) is 10.2. The maximum Gasteiger partial charge on any atom is 0.196 e. The zero-order valence-corrected chi connectivity index (χ0v) is 10.9. The van der Waals surface area contributed by atoms with Gasteiger partial charge in [0, 0.05) is 5.56 Å². The number of carbonyl (C=O) groups is 1. The van der Waals surface area contributed by atoms with Crippen molar-refractivity contribution < 1.29 is 9.53 Å². The lowest BCUT2D eigenvalue weighted by atomic mass is 10.1. The lowest BCUT2D eigenvalue weighted by molar-refractivity contribution is 0.103. The SMILES string of the molecule is COc1ccc(C(=O)c2cc(Cl)nnc2Cl)cc1. The van der Waals surface area contributed by atoms with Gasteiger partial charge in [-0.05, 0) is 30.3 Å². The fraction of sp³-hybridized carbons (Fsp3) is 0.0833. The maximum absolute atomic E-state index is 12.2. The van der Waals surface area contributed by atoms with Gasteiger partial charge >= 0.3 is 0 Å². The second-order valence-corrected chi connectivity index (χ2v) is 4.17. The second-order valence-electron chi connectivity index (χ2n) is 3.43. The van der Waals surface area contributed by atoms with Crippen molar-refractivity contribution in [3.05, 3.63) is 51.8 Å². The molecule has 0 aliphatic rings. The molecule has 0 spiro atoms. The molecule has 1 heterocycles. The molecule has 0 radical (unpaired) electrons. The summed E-state index contributed by atoms with van der Waals surface area (Å²) >= 11 is 11.5. The summed E-state index contributed by atoms with van der Waals surface area (Å²) in [5.41, 5.74) is 0.698. The Bertz CT molecular complexity index is 585. The quantitative estimate of drug-likeness (QED) is 0.812. The van der Waals surface area contributed by atoms with E-state index < -0.39 is 0 Å². The van der Waals surface area contributed by atoms with E-state index in [-0.39, 0.29) is 21.7 Å². The fourth-order valence-electron chi connectivity index (χ4n) is 1.41. The Morgan fingerprint density at radius 1 is 1.17 bits per heavy atom. The first kappa shape index (κ1) is 12.8. The average molecular weight is 283 g/mol.